The van der Waals surface area contributed by atoms with Gasteiger partial charge in [-0.2, -0.15) is 0 Å². The fraction of sp³-hybridized carbons (Fsp3) is 0.278. The largest absolute Gasteiger partial charge is 0.573 e. The molecule has 1 fully saturated rings. The summed E-state index contributed by atoms with van der Waals surface area (Å²) in [6.07, 6.45) is -1.62. The van der Waals surface area contributed by atoms with E-state index < -0.39 is 30.1 Å². The number of benzene rings is 1. The first-order chi connectivity index (χ1) is 13.2. The zero-order valence-corrected chi connectivity index (χ0v) is 15.0. The summed E-state index contributed by atoms with van der Waals surface area (Å²) in [5.41, 5.74) is 1.67. The molecule has 1 aromatic heterocycles. The van der Waals surface area contributed by atoms with Gasteiger partial charge in [0.05, 0.1) is 24.1 Å². The monoisotopic (exact) mass is 394 g/mol. The molecular weight excluding hydrogens is 377 g/mol. The third-order valence-corrected chi connectivity index (χ3v) is 4.33. The molecule has 1 aromatic carbocycles. The number of rotatable bonds is 5. The van der Waals surface area contributed by atoms with Crippen LogP contribution in [0.15, 0.2) is 42.7 Å². The lowest BCUT2D eigenvalue weighted by atomic mass is 10.2. The average Bonchev–Trinajstić information content (AvgIpc) is 2.85. The highest BCUT2D eigenvalue weighted by Crippen LogP contribution is 2.30. The summed E-state index contributed by atoms with van der Waals surface area (Å²) in [7, 11) is 1.72. The van der Waals surface area contributed by atoms with Crippen LogP contribution < -0.4 is 15.0 Å². The van der Waals surface area contributed by atoms with Gasteiger partial charge in [-0.3, -0.25) is 9.78 Å². The molecule has 0 bridgehead atoms. The van der Waals surface area contributed by atoms with Crippen molar-refractivity contribution in [3.05, 3.63) is 48.3 Å². The van der Waals surface area contributed by atoms with Crippen molar-refractivity contribution in [1.29, 1.82) is 0 Å². The lowest BCUT2D eigenvalue weighted by Crippen LogP contribution is -2.33. The number of hydrogen-bond acceptors (Lipinski definition) is 5. The van der Waals surface area contributed by atoms with E-state index in [1.807, 2.05) is 0 Å². The van der Waals surface area contributed by atoms with E-state index in [1.165, 1.54) is 17.0 Å². The third-order valence-electron chi connectivity index (χ3n) is 4.33. The van der Waals surface area contributed by atoms with E-state index in [1.54, 1.807) is 32.4 Å². The number of carbonyl (C=O) groups is 2. The fourth-order valence-electron chi connectivity index (χ4n) is 2.92. The maximum atomic E-state index is 12.8. The number of hydrogen-bond donors (Lipinski definition) is 1. The van der Waals surface area contributed by atoms with Crippen LogP contribution in [0.4, 0.5) is 29.3 Å². The van der Waals surface area contributed by atoms with Crippen LogP contribution in [-0.2, 0) is 11.3 Å². The van der Waals surface area contributed by atoms with Crippen LogP contribution >= 0.6 is 0 Å². The molecule has 1 atom stereocenters. The maximum absolute atomic E-state index is 12.8. The van der Waals surface area contributed by atoms with Gasteiger partial charge in [-0.25, -0.2) is 9.69 Å². The van der Waals surface area contributed by atoms with Crippen LogP contribution in [0, 0.1) is 0 Å². The number of alkyl halides is 3. The van der Waals surface area contributed by atoms with Gasteiger partial charge in [-0.1, -0.05) is 0 Å². The van der Waals surface area contributed by atoms with Gasteiger partial charge in [0.15, 0.2) is 0 Å². The molecular formula is C18H17F3N4O3. The van der Waals surface area contributed by atoms with Crippen LogP contribution in [-0.4, -0.2) is 41.3 Å². The van der Waals surface area contributed by atoms with Gasteiger partial charge in [-0.05, 0) is 42.8 Å². The summed E-state index contributed by atoms with van der Waals surface area (Å²) in [4.78, 5) is 31.8. The lowest BCUT2D eigenvalue weighted by molar-refractivity contribution is -0.274. The zero-order chi connectivity index (χ0) is 20.5. The number of amides is 3. The smallest absolute Gasteiger partial charge is 0.406 e. The molecule has 2 heterocycles. The number of nitrogens with one attached hydrogen (secondary N) is 1. The number of imide groups is 1. The Morgan fingerprint density at radius 2 is 1.86 bits per heavy atom. The number of aromatic nitrogens is 1. The molecule has 3 amide bonds. The van der Waals surface area contributed by atoms with Crippen LogP contribution in [0.3, 0.4) is 0 Å². The minimum absolute atomic E-state index is 0.169. The SMILES string of the molecule is CNc1cnccc1CN1C(=O)N(c2ccc(OC(F)(F)F)cc2)C(=O)C1C. The third kappa shape index (κ3) is 3.85. The van der Waals surface area contributed by atoms with Crippen molar-refractivity contribution in [3.8, 4) is 5.75 Å². The predicted molar refractivity (Wildman–Crippen MR) is 94.8 cm³/mol. The minimum atomic E-state index is -4.82. The Morgan fingerprint density at radius 1 is 1.18 bits per heavy atom. The van der Waals surface area contributed by atoms with Crippen LogP contribution in [0.1, 0.15) is 12.5 Å². The molecule has 28 heavy (non-hydrogen) atoms. The lowest BCUT2D eigenvalue weighted by Gasteiger charge is -2.21. The molecule has 2 aromatic rings. The number of urea groups is 1. The van der Waals surface area contributed by atoms with Crippen molar-refractivity contribution < 1.29 is 27.5 Å². The van der Waals surface area contributed by atoms with Crippen LogP contribution in [0.5, 0.6) is 5.75 Å². The number of halogens is 3. The Bertz CT molecular complexity index is 886. The van der Waals surface area contributed by atoms with Gasteiger partial charge < -0.3 is 15.0 Å². The minimum Gasteiger partial charge on any atom is -0.406 e. The molecule has 1 N–H and O–H groups in total. The summed E-state index contributed by atoms with van der Waals surface area (Å²) < 4.78 is 40.7. The molecule has 0 radical (unpaired) electrons. The molecule has 1 unspecified atom stereocenters. The second kappa shape index (κ2) is 7.37. The van der Waals surface area contributed by atoms with Crippen molar-refractivity contribution in [1.82, 2.24) is 9.88 Å². The van der Waals surface area contributed by atoms with Gasteiger partial charge in [0, 0.05) is 13.2 Å². The van der Waals surface area contributed by atoms with E-state index in [9.17, 15) is 22.8 Å². The van der Waals surface area contributed by atoms with Crippen molar-refractivity contribution in [2.24, 2.45) is 0 Å². The molecule has 0 aliphatic carbocycles. The van der Waals surface area contributed by atoms with E-state index in [0.29, 0.717) is 0 Å². The Kier molecular flexibility index (Phi) is 5.12. The van der Waals surface area contributed by atoms with Gasteiger partial charge >= 0.3 is 12.4 Å². The van der Waals surface area contributed by atoms with Crippen LogP contribution in [0.2, 0.25) is 0 Å². The standard InChI is InChI=1S/C18H17F3N4O3/c1-11-16(26)25(13-3-5-14(6-4-13)28-18(19,20)21)17(27)24(11)10-12-7-8-23-9-15(12)22-2/h3-9,11,22H,10H2,1-2H3. The Morgan fingerprint density at radius 3 is 2.46 bits per heavy atom. The highest BCUT2D eigenvalue weighted by molar-refractivity contribution is 6.21. The number of nitrogens with zero attached hydrogens (tertiary/aromatic N) is 3. The summed E-state index contributed by atoms with van der Waals surface area (Å²) in [5, 5.41) is 2.97. The summed E-state index contributed by atoms with van der Waals surface area (Å²) in [6.45, 7) is 1.78. The molecule has 1 aliphatic heterocycles. The quantitative estimate of drug-likeness (QED) is 0.787. The molecule has 7 nitrogen and oxygen atoms in total. The van der Waals surface area contributed by atoms with E-state index in [0.717, 1.165) is 28.3 Å². The second-order valence-corrected chi connectivity index (χ2v) is 6.08. The van der Waals surface area contributed by atoms with E-state index in [2.05, 4.69) is 15.0 Å². The van der Waals surface area contributed by atoms with E-state index >= 15 is 0 Å². The number of carbonyl (C=O) groups excluding carboxylic acids is 2. The van der Waals surface area contributed by atoms with Crippen molar-refractivity contribution in [3.63, 3.8) is 0 Å². The topological polar surface area (TPSA) is 74.8 Å². The Balaban J connectivity index is 1.82. The molecule has 1 saturated heterocycles. The normalized spacial score (nSPS) is 17.2. The zero-order valence-electron chi connectivity index (χ0n) is 15.0. The molecule has 148 valence electrons. The molecule has 1 aliphatic rings. The summed E-state index contributed by atoms with van der Waals surface area (Å²) >= 11 is 0. The molecule has 0 saturated carbocycles. The highest BCUT2D eigenvalue weighted by atomic mass is 19.4. The average molecular weight is 394 g/mol. The van der Waals surface area contributed by atoms with Gasteiger partial charge in [-0.15, -0.1) is 13.2 Å². The Labute approximate surface area is 158 Å². The van der Waals surface area contributed by atoms with Gasteiger partial charge in [0.2, 0.25) is 0 Å². The number of anilines is 2. The molecule has 0 spiro atoms. The maximum Gasteiger partial charge on any atom is 0.573 e. The summed E-state index contributed by atoms with van der Waals surface area (Å²) in [5.74, 6) is -0.898. The number of pyridine rings is 1. The van der Waals surface area contributed by atoms with Gasteiger partial charge in [0.25, 0.3) is 5.91 Å². The molecule has 3 rings (SSSR count). The first-order valence-electron chi connectivity index (χ1n) is 8.32. The number of ether oxygens (including phenoxy) is 1. The highest BCUT2D eigenvalue weighted by Gasteiger charge is 2.43. The summed E-state index contributed by atoms with van der Waals surface area (Å²) in [6, 6.07) is 5.04. The van der Waals surface area contributed by atoms with Crippen LogP contribution in [0.25, 0.3) is 0 Å². The first kappa shape index (κ1) is 19.5. The Hall–Kier alpha value is -3.30. The van der Waals surface area contributed by atoms with Crippen molar-refractivity contribution in [2.75, 3.05) is 17.3 Å². The van der Waals surface area contributed by atoms with E-state index in [-0.39, 0.29) is 12.2 Å². The first-order valence-corrected chi connectivity index (χ1v) is 8.32. The van der Waals surface area contributed by atoms with Gasteiger partial charge in [0.1, 0.15) is 11.8 Å². The second-order valence-electron chi connectivity index (χ2n) is 6.08. The van der Waals surface area contributed by atoms with Crippen molar-refractivity contribution in [2.45, 2.75) is 25.9 Å². The van der Waals surface area contributed by atoms with Crippen molar-refractivity contribution >= 4 is 23.3 Å². The van der Waals surface area contributed by atoms with E-state index in [4.69, 9.17) is 0 Å². The predicted octanol–water partition coefficient (Wildman–Crippen LogP) is 3.38. The molecule has 10 heteroatoms. The fourth-order valence-corrected chi connectivity index (χ4v) is 2.92.